The van der Waals surface area contributed by atoms with E-state index in [9.17, 15) is 14.7 Å². The molecule has 0 spiro atoms. The molecule has 0 saturated heterocycles. The molecule has 4 heteroatoms. The van der Waals surface area contributed by atoms with Gasteiger partial charge < -0.3 is 10.0 Å². The maximum Gasteiger partial charge on any atom is 0.336 e. The monoisotopic (exact) mass is 261 g/mol. The van der Waals surface area contributed by atoms with E-state index >= 15 is 0 Å². The standard InChI is InChI=1S/C15H19NO3/c1-3-10(2)14(17)16-9-5-7-11-12(15(18)19)6-4-8-13(11)16/h4,6,8,10H,3,5,7,9H2,1-2H3,(H,18,19)/t10-/m0/s1. The van der Waals surface area contributed by atoms with Crippen LogP contribution < -0.4 is 4.90 Å². The normalized spacial score (nSPS) is 15.8. The summed E-state index contributed by atoms with van der Waals surface area (Å²) in [5, 5.41) is 9.22. The van der Waals surface area contributed by atoms with Gasteiger partial charge in [-0.15, -0.1) is 0 Å². The molecule has 0 saturated carbocycles. The van der Waals surface area contributed by atoms with E-state index in [2.05, 4.69) is 0 Å². The minimum atomic E-state index is -0.922. The molecular formula is C15H19NO3. The van der Waals surface area contributed by atoms with Gasteiger partial charge in [0.2, 0.25) is 5.91 Å². The van der Waals surface area contributed by atoms with E-state index in [0.29, 0.717) is 12.1 Å². The highest BCUT2D eigenvalue weighted by atomic mass is 16.4. The molecule has 1 atom stereocenters. The number of carbonyl (C=O) groups excluding carboxylic acids is 1. The van der Waals surface area contributed by atoms with Crippen molar-refractivity contribution < 1.29 is 14.7 Å². The first-order chi connectivity index (χ1) is 9.06. The number of carboxylic acids is 1. The molecule has 1 aromatic carbocycles. The molecule has 4 nitrogen and oxygen atoms in total. The zero-order valence-electron chi connectivity index (χ0n) is 11.3. The number of amides is 1. The van der Waals surface area contributed by atoms with Crippen LogP contribution in [-0.4, -0.2) is 23.5 Å². The number of aromatic carboxylic acids is 1. The Morgan fingerprint density at radius 1 is 1.42 bits per heavy atom. The van der Waals surface area contributed by atoms with Gasteiger partial charge in [-0.1, -0.05) is 19.9 Å². The van der Waals surface area contributed by atoms with Gasteiger partial charge in [0.15, 0.2) is 0 Å². The fourth-order valence-corrected chi connectivity index (χ4v) is 2.49. The minimum absolute atomic E-state index is 0.0283. The SMILES string of the molecule is CC[C@H](C)C(=O)N1CCCc2c(C(=O)O)cccc21. The first-order valence-electron chi connectivity index (χ1n) is 6.72. The van der Waals surface area contributed by atoms with Gasteiger partial charge in [0.1, 0.15) is 0 Å². The Labute approximate surface area is 113 Å². The topological polar surface area (TPSA) is 57.6 Å². The number of fused-ring (bicyclic) bond motifs is 1. The fraction of sp³-hybridized carbons (Fsp3) is 0.467. The summed E-state index contributed by atoms with van der Waals surface area (Å²) < 4.78 is 0. The molecule has 1 aliphatic heterocycles. The van der Waals surface area contributed by atoms with Crippen molar-refractivity contribution in [2.24, 2.45) is 5.92 Å². The molecular weight excluding hydrogens is 242 g/mol. The number of rotatable bonds is 3. The molecule has 0 fully saturated rings. The number of carbonyl (C=O) groups is 2. The summed E-state index contributed by atoms with van der Waals surface area (Å²) in [7, 11) is 0. The molecule has 1 aliphatic rings. The Hall–Kier alpha value is -1.84. The Balaban J connectivity index is 2.43. The van der Waals surface area contributed by atoms with Crippen LogP contribution in [0.4, 0.5) is 5.69 Å². The molecule has 0 bridgehead atoms. The molecule has 0 unspecified atom stereocenters. The van der Waals surface area contributed by atoms with E-state index < -0.39 is 5.97 Å². The maximum atomic E-state index is 12.4. The van der Waals surface area contributed by atoms with Crippen LogP contribution >= 0.6 is 0 Å². The minimum Gasteiger partial charge on any atom is -0.478 e. The second-order valence-corrected chi connectivity index (χ2v) is 5.01. The van der Waals surface area contributed by atoms with Crippen molar-refractivity contribution in [3.05, 3.63) is 29.3 Å². The highest BCUT2D eigenvalue weighted by Crippen LogP contribution is 2.31. The Bertz CT molecular complexity index is 510. The molecule has 0 aliphatic carbocycles. The third-order valence-corrected chi connectivity index (χ3v) is 3.78. The summed E-state index contributed by atoms with van der Waals surface area (Å²) in [6, 6.07) is 5.17. The third kappa shape index (κ3) is 2.48. The lowest BCUT2D eigenvalue weighted by atomic mass is 9.95. The van der Waals surface area contributed by atoms with Crippen LogP contribution in [0.1, 0.15) is 42.6 Å². The van der Waals surface area contributed by atoms with E-state index in [0.717, 1.165) is 30.5 Å². The summed E-state index contributed by atoms with van der Waals surface area (Å²) in [6.45, 7) is 4.58. The van der Waals surface area contributed by atoms with E-state index in [1.54, 1.807) is 17.0 Å². The zero-order valence-corrected chi connectivity index (χ0v) is 11.3. The van der Waals surface area contributed by atoms with Gasteiger partial charge in [-0.3, -0.25) is 4.79 Å². The predicted molar refractivity (Wildman–Crippen MR) is 73.5 cm³/mol. The van der Waals surface area contributed by atoms with Crippen molar-refractivity contribution >= 4 is 17.6 Å². The number of hydrogen-bond donors (Lipinski definition) is 1. The second-order valence-electron chi connectivity index (χ2n) is 5.01. The lowest BCUT2D eigenvalue weighted by Crippen LogP contribution is -2.39. The summed E-state index contributed by atoms with van der Waals surface area (Å²) in [5.41, 5.74) is 1.88. The lowest BCUT2D eigenvalue weighted by Gasteiger charge is -2.32. The molecule has 1 aromatic rings. The van der Waals surface area contributed by atoms with Crippen molar-refractivity contribution in [1.29, 1.82) is 0 Å². The van der Waals surface area contributed by atoms with Crippen LogP contribution in [0, 0.1) is 5.92 Å². The molecule has 0 aromatic heterocycles. The van der Waals surface area contributed by atoms with Crippen LogP contribution in [0.15, 0.2) is 18.2 Å². The van der Waals surface area contributed by atoms with E-state index in [-0.39, 0.29) is 11.8 Å². The van der Waals surface area contributed by atoms with Crippen molar-refractivity contribution in [2.45, 2.75) is 33.1 Å². The van der Waals surface area contributed by atoms with Crippen molar-refractivity contribution in [1.82, 2.24) is 0 Å². The van der Waals surface area contributed by atoms with E-state index in [4.69, 9.17) is 0 Å². The van der Waals surface area contributed by atoms with Gasteiger partial charge in [-0.2, -0.15) is 0 Å². The Morgan fingerprint density at radius 3 is 2.79 bits per heavy atom. The maximum absolute atomic E-state index is 12.4. The molecule has 102 valence electrons. The largest absolute Gasteiger partial charge is 0.478 e. The summed E-state index contributed by atoms with van der Waals surface area (Å²) in [5.74, 6) is -0.861. The van der Waals surface area contributed by atoms with Crippen LogP contribution in [0.5, 0.6) is 0 Å². The summed E-state index contributed by atoms with van der Waals surface area (Å²) in [6.07, 6.45) is 2.34. The molecule has 0 radical (unpaired) electrons. The van der Waals surface area contributed by atoms with Gasteiger partial charge in [-0.25, -0.2) is 4.79 Å². The van der Waals surface area contributed by atoms with Crippen molar-refractivity contribution in [3.63, 3.8) is 0 Å². The van der Waals surface area contributed by atoms with Crippen LogP contribution in [0.3, 0.4) is 0 Å². The number of carboxylic acid groups (broad SMARTS) is 1. The number of benzene rings is 1. The van der Waals surface area contributed by atoms with Gasteiger partial charge in [-0.05, 0) is 37.0 Å². The first kappa shape index (κ1) is 13.6. The summed E-state index contributed by atoms with van der Waals surface area (Å²) in [4.78, 5) is 25.3. The summed E-state index contributed by atoms with van der Waals surface area (Å²) >= 11 is 0. The number of hydrogen-bond acceptors (Lipinski definition) is 2. The van der Waals surface area contributed by atoms with Gasteiger partial charge in [0, 0.05) is 18.2 Å². The third-order valence-electron chi connectivity index (χ3n) is 3.78. The quantitative estimate of drug-likeness (QED) is 0.910. The molecule has 19 heavy (non-hydrogen) atoms. The van der Waals surface area contributed by atoms with Crippen LogP contribution in [-0.2, 0) is 11.2 Å². The molecule has 1 amide bonds. The molecule has 1 heterocycles. The van der Waals surface area contributed by atoms with Gasteiger partial charge in [0.25, 0.3) is 0 Å². The highest BCUT2D eigenvalue weighted by molar-refractivity contribution is 5.99. The first-order valence-corrected chi connectivity index (χ1v) is 6.72. The highest BCUT2D eigenvalue weighted by Gasteiger charge is 2.27. The van der Waals surface area contributed by atoms with Crippen LogP contribution in [0.25, 0.3) is 0 Å². The van der Waals surface area contributed by atoms with E-state index in [1.807, 2.05) is 19.9 Å². The van der Waals surface area contributed by atoms with Crippen molar-refractivity contribution in [3.8, 4) is 0 Å². The number of nitrogens with zero attached hydrogens (tertiary/aromatic N) is 1. The van der Waals surface area contributed by atoms with Crippen molar-refractivity contribution in [2.75, 3.05) is 11.4 Å². The lowest BCUT2D eigenvalue weighted by molar-refractivity contribution is -0.122. The fourth-order valence-electron chi connectivity index (χ4n) is 2.49. The van der Waals surface area contributed by atoms with E-state index in [1.165, 1.54) is 0 Å². The molecule has 1 N–H and O–H groups in total. The van der Waals surface area contributed by atoms with Gasteiger partial charge in [0.05, 0.1) is 5.56 Å². The Kier molecular flexibility index (Phi) is 3.88. The van der Waals surface area contributed by atoms with Crippen LogP contribution in [0.2, 0.25) is 0 Å². The predicted octanol–water partition coefficient (Wildman–Crippen LogP) is 2.71. The average molecular weight is 261 g/mol. The zero-order chi connectivity index (χ0) is 14.0. The number of anilines is 1. The smallest absolute Gasteiger partial charge is 0.336 e. The average Bonchev–Trinajstić information content (AvgIpc) is 2.44. The molecule has 2 rings (SSSR count). The second kappa shape index (κ2) is 5.43. The Morgan fingerprint density at radius 2 is 2.16 bits per heavy atom. The van der Waals surface area contributed by atoms with Gasteiger partial charge >= 0.3 is 5.97 Å².